The van der Waals surface area contributed by atoms with Gasteiger partial charge in [0.25, 0.3) is 0 Å². The predicted molar refractivity (Wildman–Crippen MR) is 73.8 cm³/mol. The van der Waals surface area contributed by atoms with E-state index in [2.05, 4.69) is 26.9 Å². The smallest absolute Gasteiger partial charge is 0.199 e. The average Bonchev–Trinajstić information content (AvgIpc) is 2.99. The highest BCUT2D eigenvalue weighted by atomic mass is 16.3. The number of hydrogen-bond donors (Lipinski definition) is 1. The van der Waals surface area contributed by atoms with Gasteiger partial charge < -0.3 is 10.2 Å². The lowest BCUT2D eigenvalue weighted by Crippen LogP contribution is -2.06. The van der Waals surface area contributed by atoms with Crippen molar-refractivity contribution in [1.82, 2.24) is 19.9 Å². The Labute approximate surface area is 115 Å². The highest BCUT2D eigenvalue weighted by Crippen LogP contribution is 2.50. The molecule has 0 saturated heterocycles. The number of aromatic nitrogens is 4. The van der Waals surface area contributed by atoms with Gasteiger partial charge in [0.1, 0.15) is 5.82 Å². The maximum Gasteiger partial charge on any atom is 0.199 e. The number of nitrogens with zero attached hydrogens (tertiary/aromatic N) is 4. The second kappa shape index (κ2) is 3.75. The fraction of sp³-hybridized carbons (Fsp3) is 0.286. The summed E-state index contributed by atoms with van der Waals surface area (Å²) in [6.45, 7) is 2.22. The Balaban J connectivity index is 1.99. The van der Waals surface area contributed by atoms with Crippen LogP contribution in [0.25, 0.3) is 22.5 Å². The van der Waals surface area contributed by atoms with Crippen LogP contribution in [0.15, 0.2) is 29.4 Å². The lowest BCUT2D eigenvalue weighted by atomic mass is 9.96. The van der Waals surface area contributed by atoms with Gasteiger partial charge in [-0.05, 0) is 23.8 Å². The van der Waals surface area contributed by atoms with Gasteiger partial charge in [-0.15, -0.1) is 0 Å². The standard InChI is InChI=1S/C14H13N5O/c1-14(2-3-14)8-4-16-5-9-11(8)12(15)19-13(18-9)10-6-17-7-20-10/h4-7H,2-3H2,1H3,(H2,15,18,19). The molecule has 0 atom stereocenters. The van der Waals surface area contributed by atoms with Crippen molar-refractivity contribution in [3.63, 3.8) is 0 Å². The van der Waals surface area contributed by atoms with Gasteiger partial charge in [0, 0.05) is 11.6 Å². The highest BCUT2D eigenvalue weighted by Gasteiger charge is 2.41. The zero-order chi connectivity index (χ0) is 13.7. The molecule has 1 fully saturated rings. The van der Waals surface area contributed by atoms with Crippen molar-refractivity contribution >= 4 is 16.7 Å². The molecule has 6 heteroatoms. The van der Waals surface area contributed by atoms with Crippen LogP contribution in [-0.2, 0) is 5.41 Å². The summed E-state index contributed by atoms with van der Waals surface area (Å²) in [5, 5.41) is 0.906. The van der Waals surface area contributed by atoms with Crippen molar-refractivity contribution < 1.29 is 4.42 Å². The van der Waals surface area contributed by atoms with Gasteiger partial charge in [0.2, 0.25) is 0 Å². The van der Waals surface area contributed by atoms with Crippen LogP contribution in [0.4, 0.5) is 5.82 Å². The van der Waals surface area contributed by atoms with Gasteiger partial charge in [-0.3, -0.25) is 4.98 Å². The van der Waals surface area contributed by atoms with E-state index in [1.165, 1.54) is 6.39 Å². The van der Waals surface area contributed by atoms with Crippen molar-refractivity contribution in [1.29, 1.82) is 0 Å². The second-order valence-corrected chi connectivity index (χ2v) is 5.44. The monoisotopic (exact) mass is 267 g/mol. The Hall–Kier alpha value is -2.50. The largest absolute Gasteiger partial charge is 0.440 e. The number of anilines is 1. The van der Waals surface area contributed by atoms with Crippen LogP contribution in [0.1, 0.15) is 25.3 Å². The maximum absolute atomic E-state index is 6.15. The van der Waals surface area contributed by atoms with Crippen LogP contribution >= 0.6 is 0 Å². The molecule has 0 aliphatic heterocycles. The van der Waals surface area contributed by atoms with Gasteiger partial charge in [0.05, 0.1) is 17.9 Å². The minimum absolute atomic E-state index is 0.164. The Morgan fingerprint density at radius 1 is 1.15 bits per heavy atom. The normalized spacial score (nSPS) is 16.4. The van der Waals surface area contributed by atoms with E-state index < -0.39 is 0 Å². The molecule has 0 bridgehead atoms. The van der Waals surface area contributed by atoms with Gasteiger partial charge >= 0.3 is 0 Å². The lowest BCUT2D eigenvalue weighted by molar-refractivity contribution is 0.568. The first-order valence-electron chi connectivity index (χ1n) is 6.48. The van der Waals surface area contributed by atoms with Crippen molar-refractivity contribution in [2.24, 2.45) is 0 Å². The summed E-state index contributed by atoms with van der Waals surface area (Å²) in [5.41, 5.74) is 8.19. The van der Waals surface area contributed by atoms with E-state index in [9.17, 15) is 0 Å². The molecule has 100 valence electrons. The van der Waals surface area contributed by atoms with Crippen molar-refractivity contribution in [2.45, 2.75) is 25.2 Å². The Kier molecular flexibility index (Phi) is 2.13. The number of nitrogens with two attached hydrogens (primary N) is 1. The van der Waals surface area contributed by atoms with Crippen LogP contribution in [0, 0.1) is 0 Å². The molecule has 0 unspecified atom stereocenters. The molecule has 6 nitrogen and oxygen atoms in total. The summed E-state index contributed by atoms with van der Waals surface area (Å²) in [6, 6.07) is 0. The summed E-state index contributed by atoms with van der Waals surface area (Å²) < 4.78 is 5.22. The molecule has 0 spiro atoms. The zero-order valence-electron chi connectivity index (χ0n) is 11.0. The third-order valence-corrected chi connectivity index (χ3v) is 3.94. The van der Waals surface area contributed by atoms with E-state index in [0.717, 1.165) is 29.3 Å². The number of hydrogen-bond acceptors (Lipinski definition) is 6. The maximum atomic E-state index is 6.15. The van der Waals surface area contributed by atoms with Crippen LogP contribution in [0.5, 0.6) is 0 Å². The number of nitrogen functional groups attached to an aromatic ring is 1. The first kappa shape index (κ1) is 11.3. The zero-order valence-corrected chi connectivity index (χ0v) is 11.0. The first-order chi connectivity index (χ1) is 9.67. The van der Waals surface area contributed by atoms with Gasteiger partial charge in [-0.2, -0.15) is 0 Å². The Morgan fingerprint density at radius 2 is 2.00 bits per heavy atom. The molecular weight excluding hydrogens is 254 g/mol. The van der Waals surface area contributed by atoms with Crippen LogP contribution in [0.3, 0.4) is 0 Å². The predicted octanol–water partition coefficient (Wildman–Crippen LogP) is 2.31. The third-order valence-electron chi connectivity index (χ3n) is 3.94. The second-order valence-electron chi connectivity index (χ2n) is 5.44. The first-order valence-corrected chi connectivity index (χ1v) is 6.48. The molecule has 4 rings (SSSR count). The van der Waals surface area contributed by atoms with E-state index >= 15 is 0 Å². The molecule has 0 radical (unpaired) electrons. The molecule has 0 amide bonds. The minimum atomic E-state index is 0.164. The number of fused-ring (bicyclic) bond motifs is 1. The molecule has 1 aliphatic carbocycles. The van der Waals surface area contributed by atoms with Crippen LogP contribution in [-0.4, -0.2) is 19.9 Å². The summed E-state index contributed by atoms with van der Waals surface area (Å²) >= 11 is 0. The Bertz CT molecular complexity index is 793. The average molecular weight is 267 g/mol. The van der Waals surface area contributed by atoms with Crippen LogP contribution < -0.4 is 5.73 Å². The molecule has 3 aromatic rings. The van der Waals surface area contributed by atoms with Gasteiger partial charge in [-0.1, -0.05) is 6.92 Å². The molecule has 20 heavy (non-hydrogen) atoms. The molecular formula is C14H13N5O. The topological polar surface area (TPSA) is 90.7 Å². The molecule has 1 aliphatic rings. The fourth-order valence-electron chi connectivity index (χ4n) is 2.46. The third kappa shape index (κ3) is 1.57. The number of rotatable bonds is 2. The lowest BCUT2D eigenvalue weighted by Gasteiger charge is -2.13. The van der Waals surface area contributed by atoms with Crippen LogP contribution in [0.2, 0.25) is 0 Å². The summed E-state index contributed by atoms with van der Waals surface area (Å²) in [7, 11) is 0. The number of oxazole rings is 1. The van der Waals surface area contributed by atoms with E-state index in [4.69, 9.17) is 10.2 Å². The van der Waals surface area contributed by atoms with E-state index in [-0.39, 0.29) is 5.41 Å². The van der Waals surface area contributed by atoms with E-state index in [1.807, 2.05) is 6.20 Å². The summed E-state index contributed by atoms with van der Waals surface area (Å²) in [6.07, 6.45) is 8.80. The molecule has 0 aromatic carbocycles. The van der Waals surface area contributed by atoms with Gasteiger partial charge in [0.15, 0.2) is 18.0 Å². The van der Waals surface area contributed by atoms with E-state index in [1.54, 1.807) is 12.4 Å². The fourth-order valence-corrected chi connectivity index (χ4v) is 2.46. The number of pyridine rings is 1. The van der Waals surface area contributed by atoms with Gasteiger partial charge in [-0.25, -0.2) is 15.0 Å². The molecule has 2 N–H and O–H groups in total. The summed E-state index contributed by atoms with van der Waals surface area (Å²) in [5.74, 6) is 1.40. The van der Waals surface area contributed by atoms with Crippen molar-refractivity contribution in [3.8, 4) is 11.6 Å². The minimum Gasteiger partial charge on any atom is -0.440 e. The molecule has 3 heterocycles. The highest BCUT2D eigenvalue weighted by molar-refractivity contribution is 5.92. The van der Waals surface area contributed by atoms with E-state index in [0.29, 0.717) is 17.4 Å². The molecule has 3 aromatic heterocycles. The molecule has 1 saturated carbocycles. The quantitative estimate of drug-likeness (QED) is 0.766. The summed E-state index contributed by atoms with van der Waals surface area (Å²) in [4.78, 5) is 17.0. The Morgan fingerprint density at radius 3 is 2.70 bits per heavy atom. The van der Waals surface area contributed by atoms with Crippen molar-refractivity contribution in [3.05, 3.63) is 30.5 Å². The van der Waals surface area contributed by atoms with Crippen molar-refractivity contribution in [2.75, 3.05) is 5.73 Å². The SMILES string of the molecule is CC1(c2cncc3nc(-c4cnco4)nc(N)c23)CC1.